The van der Waals surface area contributed by atoms with Crippen molar-refractivity contribution in [3.05, 3.63) is 93.0 Å². The third-order valence-electron chi connectivity index (χ3n) is 6.25. The first kappa shape index (κ1) is 26.4. The van der Waals surface area contributed by atoms with E-state index in [1.54, 1.807) is 31.4 Å². The van der Waals surface area contributed by atoms with Crippen LogP contribution >= 0.6 is 23.2 Å². The molecule has 37 heavy (non-hydrogen) atoms. The third-order valence-corrected chi connectivity index (χ3v) is 6.87. The predicted molar refractivity (Wildman–Crippen MR) is 142 cm³/mol. The van der Waals surface area contributed by atoms with Gasteiger partial charge in [0.1, 0.15) is 16.5 Å². The van der Waals surface area contributed by atoms with E-state index in [1.807, 2.05) is 30.3 Å². The highest BCUT2D eigenvalue weighted by molar-refractivity contribution is 6.47. The van der Waals surface area contributed by atoms with E-state index in [4.69, 9.17) is 37.4 Å². The Balaban J connectivity index is 1.82. The van der Waals surface area contributed by atoms with E-state index in [2.05, 4.69) is 0 Å². The molecule has 1 fully saturated rings. The monoisotopic (exact) mass is 541 g/mol. The minimum atomic E-state index is -0.830. The van der Waals surface area contributed by atoms with Crippen molar-refractivity contribution in [2.24, 2.45) is 0 Å². The Hall–Kier alpha value is -3.68. The smallest absolute Gasteiger partial charge is 0.295 e. The van der Waals surface area contributed by atoms with Crippen LogP contribution in [0.3, 0.4) is 0 Å². The fourth-order valence-corrected chi connectivity index (χ4v) is 5.11. The van der Waals surface area contributed by atoms with Gasteiger partial charge in [0, 0.05) is 6.54 Å². The van der Waals surface area contributed by atoms with Crippen LogP contribution in [-0.4, -0.2) is 49.6 Å². The summed E-state index contributed by atoms with van der Waals surface area (Å²) in [4.78, 5) is 28.1. The maximum absolute atomic E-state index is 13.3. The quantitative estimate of drug-likeness (QED) is 0.224. The lowest BCUT2D eigenvalue weighted by molar-refractivity contribution is -0.139. The molecule has 7 nitrogen and oxygen atoms in total. The van der Waals surface area contributed by atoms with Crippen LogP contribution in [0.1, 0.15) is 22.7 Å². The van der Waals surface area contributed by atoms with Crippen LogP contribution in [0.4, 0.5) is 0 Å². The van der Waals surface area contributed by atoms with Gasteiger partial charge in [0.15, 0.2) is 11.5 Å². The van der Waals surface area contributed by atoms with Crippen LogP contribution in [0.25, 0.3) is 5.76 Å². The predicted octanol–water partition coefficient (Wildman–Crippen LogP) is 5.68. The number of benzene rings is 3. The topological polar surface area (TPSA) is 85.3 Å². The zero-order valence-electron chi connectivity index (χ0n) is 20.5. The summed E-state index contributed by atoms with van der Waals surface area (Å²) in [5.41, 5.74) is 1.63. The number of likely N-dealkylation sites (tertiary alicyclic amines) is 1. The SMILES string of the molecule is COc1ccc(CCN2C(=O)C(=O)/C(=C(/O)c3cc(Cl)c(OC)c(Cl)c3OC)C2c2ccccc2)cc1. The average molecular weight is 542 g/mol. The molecule has 1 aliphatic heterocycles. The largest absolute Gasteiger partial charge is 0.507 e. The number of aliphatic hydroxyl groups is 1. The summed E-state index contributed by atoms with van der Waals surface area (Å²) < 4.78 is 15.9. The van der Waals surface area contributed by atoms with Crippen LogP contribution in [-0.2, 0) is 16.0 Å². The second-order valence-electron chi connectivity index (χ2n) is 8.29. The van der Waals surface area contributed by atoms with Gasteiger partial charge in [-0.3, -0.25) is 9.59 Å². The molecule has 0 spiro atoms. The zero-order chi connectivity index (χ0) is 26.7. The van der Waals surface area contributed by atoms with Crippen molar-refractivity contribution >= 4 is 40.7 Å². The number of hydrogen-bond acceptors (Lipinski definition) is 6. The molecule has 1 heterocycles. The van der Waals surface area contributed by atoms with E-state index < -0.39 is 23.5 Å². The van der Waals surface area contributed by atoms with Crippen molar-refractivity contribution in [3.8, 4) is 17.2 Å². The van der Waals surface area contributed by atoms with E-state index in [1.165, 1.54) is 25.2 Å². The molecule has 0 aliphatic carbocycles. The standard InChI is InChI=1S/C28H25Cl2NO6/c1-35-18-11-9-16(10-12-18)13-14-31-23(17-7-5-4-6-8-17)21(25(33)28(31)34)24(32)19-15-20(29)27(37-3)22(30)26(19)36-2/h4-12,15,23,32H,13-14H2,1-3H3/b24-21+. The molecule has 1 unspecified atom stereocenters. The van der Waals surface area contributed by atoms with E-state index in [9.17, 15) is 14.7 Å². The molecule has 0 bridgehead atoms. The molecule has 4 rings (SSSR count). The van der Waals surface area contributed by atoms with Gasteiger partial charge in [0.25, 0.3) is 11.7 Å². The Labute approximate surface area is 224 Å². The number of methoxy groups -OCH3 is 3. The second-order valence-corrected chi connectivity index (χ2v) is 9.07. The van der Waals surface area contributed by atoms with Crippen molar-refractivity contribution in [1.29, 1.82) is 0 Å². The van der Waals surface area contributed by atoms with Crippen LogP contribution in [0.2, 0.25) is 10.0 Å². The summed E-state index contributed by atoms with van der Waals surface area (Å²) in [7, 11) is 4.36. The Morgan fingerprint density at radius 2 is 1.57 bits per heavy atom. The number of nitrogens with zero attached hydrogens (tertiary/aromatic N) is 1. The summed E-state index contributed by atoms with van der Waals surface area (Å²) in [5.74, 6) is -1.02. The first-order valence-electron chi connectivity index (χ1n) is 11.4. The maximum Gasteiger partial charge on any atom is 0.295 e. The minimum Gasteiger partial charge on any atom is -0.507 e. The zero-order valence-corrected chi connectivity index (χ0v) is 22.0. The highest BCUT2D eigenvalue weighted by Crippen LogP contribution is 2.47. The lowest BCUT2D eigenvalue weighted by atomic mass is 9.95. The molecule has 9 heteroatoms. The van der Waals surface area contributed by atoms with Crippen LogP contribution < -0.4 is 14.2 Å². The van der Waals surface area contributed by atoms with Gasteiger partial charge in [-0.25, -0.2) is 0 Å². The van der Waals surface area contributed by atoms with E-state index >= 15 is 0 Å². The van der Waals surface area contributed by atoms with Crippen molar-refractivity contribution < 1.29 is 28.9 Å². The van der Waals surface area contributed by atoms with Crippen LogP contribution in [0, 0.1) is 0 Å². The molecular formula is C28H25Cl2NO6. The van der Waals surface area contributed by atoms with E-state index in [0.717, 1.165) is 11.3 Å². The molecule has 1 amide bonds. The normalized spacial score (nSPS) is 16.7. The highest BCUT2D eigenvalue weighted by atomic mass is 35.5. The van der Waals surface area contributed by atoms with Crippen molar-refractivity contribution in [3.63, 3.8) is 0 Å². The lowest BCUT2D eigenvalue weighted by Crippen LogP contribution is -2.31. The maximum atomic E-state index is 13.3. The molecular weight excluding hydrogens is 517 g/mol. The Morgan fingerprint density at radius 3 is 2.16 bits per heavy atom. The summed E-state index contributed by atoms with van der Waals surface area (Å²) in [6.07, 6.45) is 0.490. The first-order valence-corrected chi connectivity index (χ1v) is 12.1. The fraction of sp³-hybridized carbons (Fsp3) is 0.214. The van der Waals surface area contributed by atoms with Crippen LogP contribution in [0.5, 0.6) is 17.2 Å². The van der Waals surface area contributed by atoms with Gasteiger partial charge in [-0.2, -0.15) is 0 Å². The number of Topliss-reactive ketones (excluding diaryl/α,β-unsaturated/α-hetero) is 1. The number of ether oxygens (including phenoxy) is 3. The number of rotatable bonds is 8. The number of carbonyl (C=O) groups excluding carboxylic acids is 2. The minimum absolute atomic E-state index is 0.0315. The summed E-state index contributed by atoms with van der Waals surface area (Å²) in [6.45, 7) is 0.245. The van der Waals surface area contributed by atoms with Crippen molar-refractivity contribution in [2.45, 2.75) is 12.5 Å². The molecule has 192 valence electrons. The van der Waals surface area contributed by atoms with Gasteiger partial charge in [0.05, 0.1) is 43.5 Å². The number of halogens is 2. The van der Waals surface area contributed by atoms with Gasteiger partial charge in [-0.1, -0.05) is 65.7 Å². The number of hydrogen-bond donors (Lipinski definition) is 1. The summed E-state index contributed by atoms with van der Waals surface area (Å²) in [5, 5.41) is 11.6. The second kappa shape index (κ2) is 11.2. The highest BCUT2D eigenvalue weighted by Gasteiger charge is 2.46. The molecule has 0 saturated carbocycles. The van der Waals surface area contributed by atoms with Gasteiger partial charge in [-0.15, -0.1) is 0 Å². The van der Waals surface area contributed by atoms with Gasteiger partial charge < -0.3 is 24.2 Å². The Kier molecular flexibility index (Phi) is 7.95. The van der Waals surface area contributed by atoms with Gasteiger partial charge in [0.2, 0.25) is 0 Å². The molecule has 3 aromatic rings. The van der Waals surface area contributed by atoms with Crippen molar-refractivity contribution in [2.75, 3.05) is 27.9 Å². The number of amides is 1. The molecule has 1 N–H and O–H groups in total. The molecule has 1 saturated heterocycles. The molecule has 1 atom stereocenters. The molecule has 0 aromatic heterocycles. The summed E-state index contributed by atoms with van der Waals surface area (Å²) in [6, 6.07) is 17.1. The van der Waals surface area contributed by atoms with Crippen molar-refractivity contribution in [1.82, 2.24) is 4.90 Å². The fourth-order valence-electron chi connectivity index (χ4n) is 4.43. The van der Waals surface area contributed by atoms with E-state index in [-0.39, 0.29) is 39.2 Å². The molecule has 0 radical (unpaired) electrons. The lowest BCUT2D eigenvalue weighted by Gasteiger charge is -2.25. The Morgan fingerprint density at radius 1 is 0.919 bits per heavy atom. The van der Waals surface area contributed by atoms with Gasteiger partial charge >= 0.3 is 0 Å². The van der Waals surface area contributed by atoms with E-state index in [0.29, 0.717) is 12.0 Å². The summed E-state index contributed by atoms with van der Waals surface area (Å²) >= 11 is 12.7. The number of carbonyl (C=O) groups is 2. The molecule has 3 aromatic carbocycles. The number of ketones is 1. The average Bonchev–Trinajstić information content (AvgIpc) is 3.17. The number of aliphatic hydroxyl groups excluding tert-OH is 1. The Bertz CT molecular complexity index is 1360. The third kappa shape index (κ3) is 4.97. The van der Waals surface area contributed by atoms with Crippen LogP contribution in [0.15, 0.2) is 66.2 Å². The first-order chi connectivity index (χ1) is 17.8. The molecule has 1 aliphatic rings. The van der Waals surface area contributed by atoms with Gasteiger partial charge in [-0.05, 0) is 35.7 Å².